The summed E-state index contributed by atoms with van der Waals surface area (Å²) >= 11 is 6.34. The van der Waals surface area contributed by atoms with Crippen molar-refractivity contribution < 1.29 is 23.4 Å². The molecule has 31 heavy (non-hydrogen) atoms. The summed E-state index contributed by atoms with van der Waals surface area (Å²) in [6, 6.07) is 9.68. The quantitative estimate of drug-likeness (QED) is 0.684. The van der Waals surface area contributed by atoms with Gasteiger partial charge in [-0.1, -0.05) is 23.7 Å². The molecule has 6 nitrogen and oxygen atoms in total. The van der Waals surface area contributed by atoms with Crippen molar-refractivity contribution in [3.05, 3.63) is 64.4 Å². The van der Waals surface area contributed by atoms with Crippen molar-refractivity contribution in [3.8, 4) is 11.5 Å². The summed E-state index contributed by atoms with van der Waals surface area (Å²) in [4.78, 5) is 14.6. The van der Waals surface area contributed by atoms with Crippen LogP contribution in [0.15, 0.2) is 42.5 Å². The lowest BCUT2D eigenvalue weighted by Gasteiger charge is -2.38. The van der Waals surface area contributed by atoms with Crippen molar-refractivity contribution in [1.82, 2.24) is 10.2 Å². The highest BCUT2D eigenvalue weighted by atomic mass is 35.5. The number of morpholine rings is 1. The van der Waals surface area contributed by atoms with Crippen LogP contribution in [0.3, 0.4) is 0 Å². The number of benzene rings is 2. The zero-order chi connectivity index (χ0) is 21.8. The summed E-state index contributed by atoms with van der Waals surface area (Å²) in [6.07, 6.45) is 3.15. The number of halogens is 2. The molecule has 2 heterocycles. The first kappa shape index (κ1) is 21.6. The van der Waals surface area contributed by atoms with Gasteiger partial charge in [-0.3, -0.25) is 9.69 Å². The fourth-order valence-corrected chi connectivity index (χ4v) is 4.11. The maximum atomic E-state index is 14.7. The number of carbonyl (C=O) groups is 1. The van der Waals surface area contributed by atoms with Crippen molar-refractivity contribution >= 4 is 23.6 Å². The number of fused-ring (bicyclic) bond motifs is 1. The average Bonchev–Trinajstić information content (AvgIpc) is 3.22. The van der Waals surface area contributed by atoms with Gasteiger partial charge in [0.15, 0.2) is 11.5 Å². The van der Waals surface area contributed by atoms with Crippen LogP contribution >= 0.6 is 11.6 Å². The van der Waals surface area contributed by atoms with E-state index in [4.69, 9.17) is 25.8 Å². The standard InChI is InChI=1S/C23H24ClFN2O4/c1-15-13-27(9-10-29-15)19(23-17(24)3-2-4-18(23)25)12-26-22(28)8-6-16-5-7-20-21(11-16)31-14-30-20/h2-8,11,15,19H,9-10,12-14H2,1H3,(H,26,28). The molecule has 1 amide bonds. The minimum atomic E-state index is -0.400. The van der Waals surface area contributed by atoms with E-state index in [1.54, 1.807) is 24.3 Å². The first-order valence-corrected chi connectivity index (χ1v) is 10.5. The molecule has 0 aliphatic carbocycles. The topological polar surface area (TPSA) is 60.0 Å². The fraction of sp³-hybridized carbons (Fsp3) is 0.348. The van der Waals surface area contributed by atoms with Crippen LogP contribution in [0.2, 0.25) is 5.02 Å². The van der Waals surface area contributed by atoms with Crippen molar-refractivity contribution in [2.75, 3.05) is 33.0 Å². The molecule has 2 aliphatic heterocycles. The van der Waals surface area contributed by atoms with E-state index in [2.05, 4.69) is 10.2 Å². The van der Waals surface area contributed by atoms with Crippen LogP contribution in [-0.2, 0) is 9.53 Å². The van der Waals surface area contributed by atoms with Crippen molar-refractivity contribution in [3.63, 3.8) is 0 Å². The third-order valence-corrected chi connectivity index (χ3v) is 5.67. The Morgan fingerprint density at radius 1 is 1.32 bits per heavy atom. The maximum Gasteiger partial charge on any atom is 0.244 e. The van der Waals surface area contributed by atoms with Crippen molar-refractivity contribution in [1.29, 1.82) is 0 Å². The van der Waals surface area contributed by atoms with Crippen molar-refractivity contribution in [2.45, 2.75) is 19.1 Å². The molecule has 2 atom stereocenters. The van der Waals surface area contributed by atoms with E-state index in [1.807, 2.05) is 19.1 Å². The van der Waals surface area contributed by atoms with Crippen LogP contribution < -0.4 is 14.8 Å². The monoisotopic (exact) mass is 446 g/mol. The van der Waals surface area contributed by atoms with Gasteiger partial charge in [-0.15, -0.1) is 0 Å². The Balaban J connectivity index is 1.46. The SMILES string of the molecule is CC1CN(C(CNC(=O)C=Cc2ccc3c(c2)OCO3)c2c(F)cccc2Cl)CCO1. The zero-order valence-electron chi connectivity index (χ0n) is 17.1. The van der Waals surface area contributed by atoms with E-state index in [9.17, 15) is 9.18 Å². The van der Waals surface area contributed by atoms with E-state index < -0.39 is 6.04 Å². The molecule has 4 rings (SSSR count). The number of carbonyl (C=O) groups excluding carboxylic acids is 1. The highest BCUT2D eigenvalue weighted by Gasteiger charge is 2.29. The molecule has 0 spiro atoms. The van der Waals surface area contributed by atoms with Crippen LogP contribution in [0, 0.1) is 5.82 Å². The Morgan fingerprint density at radius 2 is 2.16 bits per heavy atom. The van der Waals surface area contributed by atoms with E-state index in [0.29, 0.717) is 41.8 Å². The summed E-state index contributed by atoms with van der Waals surface area (Å²) in [5.41, 5.74) is 1.20. The van der Waals surface area contributed by atoms with Gasteiger partial charge in [-0.25, -0.2) is 4.39 Å². The molecule has 2 aliphatic rings. The Kier molecular flexibility index (Phi) is 6.75. The normalized spacial score (nSPS) is 19.5. The molecular weight excluding hydrogens is 423 g/mol. The Labute approximate surface area is 185 Å². The number of amides is 1. The van der Waals surface area contributed by atoms with E-state index >= 15 is 0 Å². The first-order valence-electron chi connectivity index (χ1n) is 10.2. The maximum absolute atomic E-state index is 14.7. The molecule has 0 bridgehead atoms. The fourth-order valence-electron chi connectivity index (χ4n) is 3.82. The number of nitrogens with one attached hydrogen (secondary N) is 1. The minimum absolute atomic E-state index is 0.0170. The highest BCUT2D eigenvalue weighted by molar-refractivity contribution is 6.31. The lowest BCUT2D eigenvalue weighted by atomic mass is 10.0. The largest absolute Gasteiger partial charge is 0.454 e. The molecule has 0 aromatic heterocycles. The molecule has 0 radical (unpaired) electrons. The summed E-state index contributed by atoms with van der Waals surface area (Å²) in [5.74, 6) is 0.669. The minimum Gasteiger partial charge on any atom is -0.454 e. The van der Waals surface area contributed by atoms with Gasteiger partial charge in [-0.2, -0.15) is 0 Å². The predicted octanol–water partition coefficient (Wildman–Crippen LogP) is 3.80. The Morgan fingerprint density at radius 3 is 2.97 bits per heavy atom. The Hall–Kier alpha value is -2.61. The second kappa shape index (κ2) is 9.68. The number of nitrogens with zero attached hydrogens (tertiary/aromatic N) is 1. The molecule has 2 unspecified atom stereocenters. The van der Waals surface area contributed by atoms with Gasteiger partial charge in [0.25, 0.3) is 0 Å². The van der Waals surface area contributed by atoms with Gasteiger partial charge in [0, 0.05) is 36.3 Å². The molecule has 2 aromatic rings. The van der Waals surface area contributed by atoms with Gasteiger partial charge in [0.2, 0.25) is 12.7 Å². The first-order chi connectivity index (χ1) is 15.0. The average molecular weight is 447 g/mol. The zero-order valence-corrected chi connectivity index (χ0v) is 17.9. The molecule has 1 saturated heterocycles. The second-order valence-electron chi connectivity index (χ2n) is 7.52. The molecule has 1 fully saturated rings. The van der Waals surface area contributed by atoms with E-state index in [1.165, 1.54) is 12.1 Å². The lowest BCUT2D eigenvalue weighted by molar-refractivity contribution is -0.116. The number of rotatable bonds is 6. The Bertz CT molecular complexity index is 964. The third-order valence-electron chi connectivity index (χ3n) is 5.34. The summed E-state index contributed by atoms with van der Waals surface area (Å²) in [5, 5.41) is 3.22. The van der Waals surface area contributed by atoms with E-state index in [-0.39, 0.29) is 31.2 Å². The number of hydrogen-bond acceptors (Lipinski definition) is 5. The van der Waals surface area contributed by atoms with Crippen molar-refractivity contribution in [2.24, 2.45) is 0 Å². The molecule has 8 heteroatoms. The van der Waals surface area contributed by atoms with Gasteiger partial charge in [0.05, 0.1) is 18.8 Å². The van der Waals surface area contributed by atoms with Crippen LogP contribution in [0.1, 0.15) is 24.1 Å². The predicted molar refractivity (Wildman–Crippen MR) is 116 cm³/mol. The molecule has 2 aromatic carbocycles. The van der Waals surface area contributed by atoms with Gasteiger partial charge in [0.1, 0.15) is 5.82 Å². The molecule has 0 saturated carbocycles. The number of ether oxygens (including phenoxy) is 3. The summed E-state index contributed by atoms with van der Waals surface area (Å²) in [7, 11) is 0. The second-order valence-corrected chi connectivity index (χ2v) is 7.93. The van der Waals surface area contributed by atoms with Crippen LogP contribution in [0.5, 0.6) is 11.5 Å². The van der Waals surface area contributed by atoms with Gasteiger partial charge >= 0.3 is 0 Å². The number of hydrogen-bond donors (Lipinski definition) is 1. The molecule has 164 valence electrons. The van der Waals surface area contributed by atoms with E-state index in [0.717, 1.165) is 5.56 Å². The molecule has 1 N–H and O–H groups in total. The molecular formula is C23H24ClFN2O4. The smallest absolute Gasteiger partial charge is 0.244 e. The summed E-state index contributed by atoms with van der Waals surface area (Å²) < 4.78 is 30.9. The van der Waals surface area contributed by atoms with Crippen LogP contribution in [0.4, 0.5) is 4.39 Å². The van der Waals surface area contributed by atoms with Gasteiger partial charge in [-0.05, 0) is 42.8 Å². The van der Waals surface area contributed by atoms with Gasteiger partial charge < -0.3 is 19.5 Å². The van der Waals surface area contributed by atoms with Crippen LogP contribution in [0.25, 0.3) is 6.08 Å². The summed E-state index contributed by atoms with van der Waals surface area (Å²) in [6.45, 7) is 4.18. The van der Waals surface area contributed by atoms with Crippen LogP contribution in [-0.4, -0.2) is 49.9 Å². The highest BCUT2D eigenvalue weighted by Crippen LogP contribution is 2.33. The lowest BCUT2D eigenvalue weighted by Crippen LogP contribution is -2.46. The third kappa shape index (κ3) is 5.18.